The minimum absolute atomic E-state index is 0. The Kier molecular flexibility index (Phi) is 11.6. The van der Waals surface area contributed by atoms with Crippen LogP contribution in [-0.4, -0.2) is 48.2 Å². The number of sulfonamides is 1. The van der Waals surface area contributed by atoms with Crippen molar-refractivity contribution >= 4 is 28.3 Å². The summed E-state index contributed by atoms with van der Waals surface area (Å²) >= 11 is 0. The molecule has 0 saturated heterocycles. The van der Waals surface area contributed by atoms with Crippen LogP contribution in [0.25, 0.3) is 0 Å². The van der Waals surface area contributed by atoms with Crippen LogP contribution in [0.4, 0.5) is 0 Å². The first-order valence-corrected chi connectivity index (χ1v) is 8.96. The zero-order chi connectivity index (χ0) is 17.1. The normalized spacial score (nSPS) is 10.9. The molecule has 0 aliphatic carbocycles. The van der Waals surface area contributed by atoms with Crippen LogP contribution in [0.5, 0.6) is 0 Å². The van der Waals surface area contributed by atoms with Gasteiger partial charge in [0, 0.05) is 26.6 Å². The van der Waals surface area contributed by atoms with Crippen molar-refractivity contribution in [3.8, 4) is 0 Å². The first-order valence-electron chi connectivity index (χ1n) is 7.48. The van der Waals surface area contributed by atoms with Gasteiger partial charge in [-0.1, -0.05) is 12.1 Å². The predicted octanol–water partition coefficient (Wildman–Crippen LogP) is 0.649. The Labute approximate surface area is 150 Å². The zero-order valence-corrected chi connectivity index (χ0v) is 15.6. The molecule has 0 aliphatic rings. The average molecular weight is 380 g/mol. The number of methoxy groups -OCH3 is 1. The first kappa shape index (κ1) is 22.8. The summed E-state index contributed by atoms with van der Waals surface area (Å²) in [6.07, 6.45) is 1.21. The number of carbonyl (C=O) groups excluding carboxylic acids is 1. The Morgan fingerprint density at radius 3 is 2.67 bits per heavy atom. The van der Waals surface area contributed by atoms with E-state index in [-0.39, 0.29) is 29.8 Å². The minimum Gasteiger partial charge on any atom is -0.383 e. The van der Waals surface area contributed by atoms with Crippen molar-refractivity contribution in [2.75, 3.05) is 33.9 Å². The third kappa shape index (κ3) is 8.60. The van der Waals surface area contributed by atoms with Crippen molar-refractivity contribution < 1.29 is 17.9 Å². The molecule has 0 heterocycles. The smallest absolute Gasteiger partial charge is 0.240 e. The van der Waals surface area contributed by atoms with Gasteiger partial charge in [-0.25, -0.2) is 13.1 Å². The largest absolute Gasteiger partial charge is 0.383 e. The van der Waals surface area contributed by atoms with E-state index in [1.165, 1.54) is 13.2 Å². The number of amides is 1. The highest BCUT2D eigenvalue weighted by molar-refractivity contribution is 7.89. The highest BCUT2D eigenvalue weighted by atomic mass is 35.5. The summed E-state index contributed by atoms with van der Waals surface area (Å²) in [6, 6.07) is 6.52. The van der Waals surface area contributed by atoms with Gasteiger partial charge in [0.05, 0.1) is 11.5 Å². The summed E-state index contributed by atoms with van der Waals surface area (Å²) in [4.78, 5) is 11.8. The summed E-state index contributed by atoms with van der Waals surface area (Å²) in [6.45, 7) is 1.61. The van der Waals surface area contributed by atoms with Crippen molar-refractivity contribution in [3.63, 3.8) is 0 Å². The molecule has 138 valence electrons. The molecule has 0 spiro atoms. The monoisotopic (exact) mass is 379 g/mol. The van der Waals surface area contributed by atoms with Crippen LogP contribution in [-0.2, 0) is 26.1 Å². The lowest BCUT2D eigenvalue weighted by Crippen LogP contribution is -2.27. The van der Waals surface area contributed by atoms with Gasteiger partial charge < -0.3 is 15.4 Å². The molecule has 0 fully saturated rings. The number of carbonyl (C=O) groups is 1. The highest BCUT2D eigenvalue weighted by Gasteiger charge is 2.13. The van der Waals surface area contributed by atoms with Crippen LogP contribution in [0.3, 0.4) is 0 Å². The highest BCUT2D eigenvalue weighted by Crippen LogP contribution is 2.11. The Morgan fingerprint density at radius 2 is 2.00 bits per heavy atom. The molecule has 24 heavy (non-hydrogen) atoms. The van der Waals surface area contributed by atoms with Gasteiger partial charge in [-0.05, 0) is 37.7 Å². The molecule has 1 aromatic carbocycles. The second kappa shape index (κ2) is 12.2. The number of nitrogens with one attached hydrogen (secondary N) is 3. The van der Waals surface area contributed by atoms with Crippen LogP contribution >= 0.6 is 12.4 Å². The van der Waals surface area contributed by atoms with Crippen molar-refractivity contribution in [3.05, 3.63) is 29.8 Å². The third-order valence-corrected chi connectivity index (χ3v) is 4.59. The molecule has 1 amide bonds. The molecular weight excluding hydrogens is 354 g/mol. The molecule has 0 bridgehead atoms. The zero-order valence-electron chi connectivity index (χ0n) is 14.0. The van der Waals surface area contributed by atoms with Crippen molar-refractivity contribution in [2.45, 2.75) is 24.3 Å². The molecule has 0 unspecified atom stereocenters. The SMILES string of the molecule is CNCCCC(=O)NCc1cccc(S(=O)(=O)NCCOC)c1.Cl. The number of benzene rings is 1. The van der Waals surface area contributed by atoms with Crippen LogP contribution in [0.15, 0.2) is 29.2 Å². The standard InChI is InChI=1S/C15H25N3O4S.ClH/c1-16-8-4-7-15(19)17-12-13-5-3-6-14(11-13)23(20,21)18-9-10-22-2;/h3,5-6,11,16,18H,4,7-10,12H2,1-2H3,(H,17,19);1H. The predicted molar refractivity (Wildman–Crippen MR) is 95.8 cm³/mol. The van der Waals surface area contributed by atoms with Gasteiger partial charge >= 0.3 is 0 Å². The number of hydrogen-bond donors (Lipinski definition) is 3. The van der Waals surface area contributed by atoms with Crippen molar-refractivity contribution in [2.24, 2.45) is 0 Å². The number of rotatable bonds is 11. The Balaban J connectivity index is 0.00000529. The van der Waals surface area contributed by atoms with Gasteiger partial charge in [0.15, 0.2) is 0 Å². The van der Waals surface area contributed by atoms with Gasteiger partial charge in [-0.2, -0.15) is 0 Å². The molecular formula is C15H26ClN3O4S. The van der Waals surface area contributed by atoms with Crippen LogP contribution in [0, 0.1) is 0 Å². The number of hydrogen-bond acceptors (Lipinski definition) is 5. The van der Waals surface area contributed by atoms with E-state index >= 15 is 0 Å². The summed E-state index contributed by atoms with van der Waals surface area (Å²) in [7, 11) is -0.216. The fourth-order valence-electron chi connectivity index (χ4n) is 1.90. The maximum atomic E-state index is 12.1. The van der Waals surface area contributed by atoms with E-state index in [2.05, 4.69) is 15.4 Å². The maximum Gasteiger partial charge on any atom is 0.240 e. The first-order chi connectivity index (χ1) is 11.0. The number of halogens is 1. The average Bonchev–Trinajstić information content (AvgIpc) is 2.54. The fraction of sp³-hybridized carbons (Fsp3) is 0.533. The molecule has 0 radical (unpaired) electrons. The Bertz CT molecular complexity index is 596. The molecule has 0 aliphatic heterocycles. The molecule has 9 heteroatoms. The van der Waals surface area contributed by atoms with E-state index in [0.717, 1.165) is 18.5 Å². The summed E-state index contributed by atoms with van der Waals surface area (Å²) in [5.41, 5.74) is 0.738. The topological polar surface area (TPSA) is 96.5 Å². The summed E-state index contributed by atoms with van der Waals surface area (Å²) < 4.78 is 31.5. The second-order valence-electron chi connectivity index (χ2n) is 5.02. The lowest BCUT2D eigenvalue weighted by atomic mass is 10.2. The molecule has 1 aromatic rings. The lowest BCUT2D eigenvalue weighted by molar-refractivity contribution is -0.121. The minimum atomic E-state index is -3.56. The van der Waals surface area contributed by atoms with Crippen molar-refractivity contribution in [1.82, 2.24) is 15.4 Å². The molecule has 3 N–H and O–H groups in total. The maximum absolute atomic E-state index is 12.1. The summed E-state index contributed by atoms with van der Waals surface area (Å²) in [5.74, 6) is -0.0493. The van der Waals surface area contributed by atoms with E-state index in [1.807, 2.05) is 7.05 Å². The van der Waals surface area contributed by atoms with Gasteiger partial charge in [0.1, 0.15) is 0 Å². The molecule has 1 rings (SSSR count). The van der Waals surface area contributed by atoms with E-state index in [1.54, 1.807) is 18.2 Å². The Morgan fingerprint density at radius 1 is 1.25 bits per heavy atom. The second-order valence-corrected chi connectivity index (χ2v) is 6.79. The van der Waals surface area contributed by atoms with E-state index < -0.39 is 10.0 Å². The van der Waals surface area contributed by atoms with Crippen LogP contribution in [0.2, 0.25) is 0 Å². The van der Waals surface area contributed by atoms with Gasteiger partial charge in [-0.15, -0.1) is 12.4 Å². The van der Waals surface area contributed by atoms with Gasteiger partial charge in [0.2, 0.25) is 15.9 Å². The number of ether oxygens (including phenoxy) is 1. The Hall–Kier alpha value is -1.19. The molecule has 0 atom stereocenters. The van der Waals surface area contributed by atoms with Gasteiger partial charge in [0.25, 0.3) is 0 Å². The molecule has 0 aromatic heterocycles. The van der Waals surface area contributed by atoms with Crippen LogP contribution < -0.4 is 15.4 Å². The summed E-state index contributed by atoms with van der Waals surface area (Å²) in [5, 5.41) is 5.77. The van der Waals surface area contributed by atoms with E-state index in [4.69, 9.17) is 4.74 Å². The van der Waals surface area contributed by atoms with E-state index in [9.17, 15) is 13.2 Å². The van der Waals surface area contributed by atoms with E-state index in [0.29, 0.717) is 19.6 Å². The van der Waals surface area contributed by atoms with Gasteiger partial charge in [-0.3, -0.25) is 4.79 Å². The molecule has 7 nitrogen and oxygen atoms in total. The third-order valence-electron chi connectivity index (χ3n) is 3.13. The fourth-order valence-corrected chi connectivity index (χ4v) is 2.98. The quantitative estimate of drug-likeness (QED) is 0.490. The molecule has 0 saturated carbocycles. The lowest BCUT2D eigenvalue weighted by Gasteiger charge is -2.09. The van der Waals surface area contributed by atoms with Crippen LogP contribution in [0.1, 0.15) is 18.4 Å². The van der Waals surface area contributed by atoms with Crippen molar-refractivity contribution in [1.29, 1.82) is 0 Å².